The molecule has 2 aromatic rings. The first-order valence-electron chi connectivity index (χ1n) is 7.66. The molecule has 0 saturated carbocycles. The third-order valence-electron chi connectivity index (χ3n) is 4.08. The molecule has 1 aromatic carbocycles. The summed E-state index contributed by atoms with van der Waals surface area (Å²) in [6.45, 7) is 5.46. The Balaban J connectivity index is 1.74. The van der Waals surface area contributed by atoms with Crippen molar-refractivity contribution in [3.8, 4) is 0 Å². The van der Waals surface area contributed by atoms with Crippen LogP contribution in [-0.2, 0) is 0 Å². The summed E-state index contributed by atoms with van der Waals surface area (Å²) in [5.74, 6) is 0.246. The molecular formula is C17H19FN4O. The number of aryl methyl sites for hydroxylation is 1. The first-order chi connectivity index (χ1) is 11.1. The van der Waals surface area contributed by atoms with E-state index in [1.807, 2.05) is 17.9 Å². The normalized spacial score (nSPS) is 18.1. The van der Waals surface area contributed by atoms with Crippen molar-refractivity contribution in [2.75, 3.05) is 24.5 Å². The molecule has 1 aromatic heterocycles. The molecule has 2 heterocycles. The number of hydrogen-bond donors (Lipinski definition) is 0. The number of halogens is 1. The number of para-hydroxylation sites is 1. The Bertz CT molecular complexity index is 721. The van der Waals surface area contributed by atoms with Gasteiger partial charge in [0.1, 0.15) is 17.3 Å². The number of rotatable bonds is 2. The lowest BCUT2D eigenvalue weighted by Crippen LogP contribution is -2.54. The summed E-state index contributed by atoms with van der Waals surface area (Å²) >= 11 is 0. The predicted molar refractivity (Wildman–Crippen MR) is 85.9 cm³/mol. The lowest BCUT2D eigenvalue weighted by Gasteiger charge is -2.40. The average molecular weight is 314 g/mol. The van der Waals surface area contributed by atoms with E-state index in [1.54, 1.807) is 36.2 Å². The summed E-state index contributed by atoms with van der Waals surface area (Å²) in [6.07, 6.45) is 1.59. The third-order valence-corrected chi connectivity index (χ3v) is 4.08. The van der Waals surface area contributed by atoms with E-state index in [2.05, 4.69) is 9.97 Å². The van der Waals surface area contributed by atoms with E-state index in [0.717, 1.165) is 0 Å². The van der Waals surface area contributed by atoms with Crippen LogP contribution in [0.25, 0.3) is 0 Å². The molecule has 5 nitrogen and oxygen atoms in total. The maximum absolute atomic E-state index is 13.9. The van der Waals surface area contributed by atoms with E-state index in [0.29, 0.717) is 36.8 Å². The van der Waals surface area contributed by atoms with Crippen molar-refractivity contribution < 1.29 is 9.18 Å². The summed E-state index contributed by atoms with van der Waals surface area (Å²) in [4.78, 5) is 24.6. The Morgan fingerprint density at radius 3 is 2.74 bits per heavy atom. The molecule has 1 atom stereocenters. The number of carbonyl (C=O) groups is 1. The topological polar surface area (TPSA) is 49.3 Å². The van der Waals surface area contributed by atoms with Gasteiger partial charge in [0.2, 0.25) is 0 Å². The maximum Gasteiger partial charge on any atom is 0.272 e. The molecule has 23 heavy (non-hydrogen) atoms. The number of amides is 1. The molecule has 1 amide bonds. The summed E-state index contributed by atoms with van der Waals surface area (Å²) in [5, 5.41) is 0. The van der Waals surface area contributed by atoms with Crippen LogP contribution in [-0.4, -0.2) is 46.5 Å². The second-order valence-electron chi connectivity index (χ2n) is 5.73. The second kappa shape index (κ2) is 6.32. The van der Waals surface area contributed by atoms with Crippen molar-refractivity contribution >= 4 is 11.6 Å². The number of piperazine rings is 1. The minimum atomic E-state index is -0.231. The van der Waals surface area contributed by atoms with Crippen LogP contribution in [0, 0.1) is 12.7 Å². The lowest BCUT2D eigenvalue weighted by atomic mass is 10.1. The molecule has 0 spiro atoms. The van der Waals surface area contributed by atoms with Crippen molar-refractivity contribution in [3.63, 3.8) is 0 Å². The Labute approximate surface area is 134 Å². The second-order valence-corrected chi connectivity index (χ2v) is 5.73. The van der Waals surface area contributed by atoms with Gasteiger partial charge in [-0.1, -0.05) is 12.1 Å². The fourth-order valence-corrected chi connectivity index (χ4v) is 2.91. The molecule has 0 radical (unpaired) electrons. The number of benzene rings is 1. The highest BCUT2D eigenvalue weighted by molar-refractivity contribution is 5.92. The van der Waals surface area contributed by atoms with Gasteiger partial charge in [0.25, 0.3) is 5.91 Å². The van der Waals surface area contributed by atoms with Gasteiger partial charge in [0.05, 0.1) is 5.69 Å². The van der Waals surface area contributed by atoms with Gasteiger partial charge in [0.15, 0.2) is 0 Å². The first-order valence-corrected chi connectivity index (χ1v) is 7.66. The molecule has 0 bridgehead atoms. The summed E-state index contributed by atoms with van der Waals surface area (Å²) in [6, 6.07) is 8.34. The van der Waals surface area contributed by atoms with Crippen molar-refractivity contribution in [3.05, 3.63) is 53.9 Å². The number of carbonyl (C=O) groups excluding carboxylic acids is 1. The fraction of sp³-hybridized carbons (Fsp3) is 0.353. The first kappa shape index (κ1) is 15.4. The Morgan fingerprint density at radius 1 is 1.26 bits per heavy atom. The molecule has 6 heteroatoms. The van der Waals surface area contributed by atoms with Gasteiger partial charge in [0, 0.05) is 31.9 Å². The van der Waals surface area contributed by atoms with Crippen molar-refractivity contribution in [2.45, 2.75) is 19.9 Å². The van der Waals surface area contributed by atoms with Gasteiger partial charge in [-0.2, -0.15) is 0 Å². The molecule has 1 aliphatic heterocycles. The predicted octanol–water partition coefficient (Wildman–Crippen LogP) is 2.28. The quantitative estimate of drug-likeness (QED) is 0.853. The molecule has 3 rings (SSSR count). The van der Waals surface area contributed by atoms with Gasteiger partial charge >= 0.3 is 0 Å². The van der Waals surface area contributed by atoms with Gasteiger partial charge < -0.3 is 9.80 Å². The highest BCUT2D eigenvalue weighted by atomic mass is 19.1. The number of anilines is 1. The molecule has 1 aliphatic rings. The Hall–Kier alpha value is -2.50. The van der Waals surface area contributed by atoms with E-state index in [9.17, 15) is 9.18 Å². The van der Waals surface area contributed by atoms with Crippen molar-refractivity contribution in [1.82, 2.24) is 14.9 Å². The van der Waals surface area contributed by atoms with Crippen LogP contribution in [0.3, 0.4) is 0 Å². The molecule has 120 valence electrons. The number of nitrogens with zero attached hydrogens (tertiary/aromatic N) is 4. The molecular weight excluding hydrogens is 295 g/mol. The minimum absolute atomic E-state index is 0.0221. The van der Waals surface area contributed by atoms with Crippen LogP contribution in [0.5, 0.6) is 0 Å². The zero-order valence-electron chi connectivity index (χ0n) is 13.2. The van der Waals surface area contributed by atoms with Crippen LogP contribution >= 0.6 is 0 Å². The average Bonchev–Trinajstić information content (AvgIpc) is 2.54. The summed E-state index contributed by atoms with van der Waals surface area (Å²) in [5.41, 5.74) is 0.994. The molecule has 0 N–H and O–H groups in total. The van der Waals surface area contributed by atoms with Crippen LogP contribution in [0.1, 0.15) is 23.2 Å². The van der Waals surface area contributed by atoms with Crippen LogP contribution < -0.4 is 4.90 Å². The van der Waals surface area contributed by atoms with E-state index in [-0.39, 0.29) is 17.8 Å². The van der Waals surface area contributed by atoms with Crippen LogP contribution in [0.2, 0.25) is 0 Å². The maximum atomic E-state index is 13.9. The van der Waals surface area contributed by atoms with E-state index in [4.69, 9.17) is 0 Å². The van der Waals surface area contributed by atoms with Crippen molar-refractivity contribution in [2.24, 2.45) is 0 Å². The van der Waals surface area contributed by atoms with Crippen LogP contribution in [0.4, 0.5) is 10.1 Å². The Morgan fingerprint density at radius 2 is 2.04 bits per heavy atom. The molecule has 0 aliphatic carbocycles. The van der Waals surface area contributed by atoms with E-state index in [1.165, 1.54) is 6.07 Å². The summed E-state index contributed by atoms with van der Waals surface area (Å²) in [7, 11) is 0. The van der Waals surface area contributed by atoms with Gasteiger partial charge in [-0.25, -0.2) is 14.4 Å². The van der Waals surface area contributed by atoms with E-state index >= 15 is 0 Å². The SMILES string of the molecule is Cc1nccc(C(=O)N2CCN(c3ccccc3F)CC2C)n1. The van der Waals surface area contributed by atoms with Gasteiger partial charge in [-0.05, 0) is 32.0 Å². The highest BCUT2D eigenvalue weighted by Gasteiger charge is 2.29. The smallest absolute Gasteiger partial charge is 0.272 e. The zero-order chi connectivity index (χ0) is 16.4. The zero-order valence-corrected chi connectivity index (χ0v) is 13.2. The van der Waals surface area contributed by atoms with Crippen LogP contribution in [0.15, 0.2) is 36.5 Å². The van der Waals surface area contributed by atoms with E-state index < -0.39 is 0 Å². The molecule has 1 fully saturated rings. The van der Waals surface area contributed by atoms with Gasteiger partial charge in [-0.15, -0.1) is 0 Å². The lowest BCUT2D eigenvalue weighted by molar-refractivity contribution is 0.0667. The number of hydrogen-bond acceptors (Lipinski definition) is 4. The fourth-order valence-electron chi connectivity index (χ4n) is 2.91. The monoisotopic (exact) mass is 314 g/mol. The third kappa shape index (κ3) is 3.16. The minimum Gasteiger partial charge on any atom is -0.365 e. The molecule has 1 unspecified atom stereocenters. The number of aromatic nitrogens is 2. The summed E-state index contributed by atoms with van der Waals surface area (Å²) < 4.78 is 13.9. The van der Waals surface area contributed by atoms with Gasteiger partial charge in [-0.3, -0.25) is 4.79 Å². The van der Waals surface area contributed by atoms with Crippen molar-refractivity contribution in [1.29, 1.82) is 0 Å². The highest BCUT2D eigenvalue weighted by Crippen LogP contribution is 2.23. The Kier molecular flexibility index (Phi) is 4.23. The largest absolute Gasteiger partial charge is 0.365 e. The standard InChI is InChI=1S/C17H19FN4O/c1-12-11-21(16-6-4-3-5-14(16)18)9-10-22(12)17(23)15-7-8-19-13(2)20-15/h3-8,12H,9-11H2,1-2H3. The molecule has 1 saturated heterocycles.